The summed E-state index contributed by atoms with van der Waals surface area (Å²) in [7, 11) is 1.61. The van der Waals surface area contributed by atoms with Gasteiger partial charge in [-0.15, -0.1) is 0 Å². The van der Waals surface area contributed by atoms with E-state index in [1.54, 1.807) is 7.11 Å². The van der Waals surface area contributed by atoms with Crippen molar-refractivity contribution in [3.8, 4) is 5.75 Å². The van der Waals surface area contributed by atoms with Crippen molar-refractivity contribution < 1.29 is 22.7 Å². The first-order valence-electron chi connectivity index (χ1n) is 10.0. The van der Waals surface area contributed by atoms with Crippen LogP contribution in [-0.4, -0.2) is 47.3 Å². The zero-order valence-corrected chi connectivity index (χ0v) is 17.2. The van der Waals surface area contributed by atoms with Crippen LogP contribution < -0.4 is 10.1 Å². The van der Waals surface area contributed by atoms with Crippen LogP contribution in [0.5, 0.6) is 5.75 Å². The Bertz CT molecular complexity index is 843. The Kier molecular flexibility index (Phi) is 7.02. The number of nitrogens with zero attached hydrogens (tertiary/aromatic N) is 3. The number of rotatable bonds is 7. The molecule has 1 unspecified atom stereocenters. The number of carbonyl (C=O) groups excluding carboxylic acids is 1. The molecule has 6 nitrogen and oxygen atoms in total. The highest BCUT2D eigenvalue weighted by molar-refractivity contribution is 5.75. The average molecular weight is 424 g/mol. The van der Waals surface area contributed by atoms with E-state index in [2.05, 4.69) is 15.3 Å². The lowest BCUT2D eigenvalue weighted by atomic mass is 10.0. The SMILES string of the molecule is COc1ccc(C(CNC(=O)Cn2nc(C(F)(F)F)cc2C)N2CCCCC2)cc1. The van der Waals surface area contributed by atoms with E-state index >= 15 is 0 Å². The topological polar surface area (TPSA) is 59.4 Å². The zero-order valence-electron chi connectivity index (χ0n) is 17.2. The Morgan fingerprint density at radius 3 is 2.43 bits per heavy atom. The van der Waals surface area contributed by atoms with Gasteiger partial charge in [-0.1, -0.05) is 18.6 Å². The molecule has 1 amide bonds. The number of nitrogens with one attached hydrogen (secondary N) is 1. The van der Waals surface area contributed by atoms with Gasteiger partial charge < -0.3 is 10.1 Å². The van der Waals surface area contributed by atoms with Crippen LogP contribution in [0.15, 0.2) is 30.3 Å². The van der Waals surface area contributed by atoms with E-state index in [0.29, 0.717) is 12.2 Å². The number of halogens is 3. The molecule has 0 aliphatic carbocycles. The fourth-order valence-electron chi connectivity index (χ4n) is 3.73. The van der Waals surface area contributed by atoms with E-state index in [1.165, 1.54) is 13.3 Å². The van der Waals surface area contributed by atoms with Gasteiger partial charge in [0.05, 0.1) is 13.2 Å². The van der Waals surface area contributed by atoms with Crippen LogP contribution in [0.2, 0.25) is 0 Å². The van der Waals surface area contributed by atoms with E-state index in [1.807, 2.05) is 24.3 Å². The van der Waals surface area contributed by atoms with Crippen LogP contribution >= 0.6 is 0 Å². The summed E-state index contributed by atoms with van der Waals surface area (Å²) >= 11 is 0. The van der Waals surface area contributed by atoms with Gasteiger partial charge in [0.15, 0.2) is 5.69 Å². The van der Waals surface area contributed by atoms with E-state index in [4.69, 9.17) is 4.74 Å². The maximum Gasteiger partial charge on any atom is 0.435 e. The van der Waals surface area contributed by atoms with E-state index in [0.717, 1.165) is 48.0 Å². The third kappa shape index (κ3) is 5.53. The number of piperidine rings is 1. The molecule has 1 aromatic heterocycles. The minimum absolute atomic E-state index is 0.00962. The molecule has 0 radical (unpaired) electrons. The lowest BCUT2D eigenvalue weighted by Gasteiger charge is -2.35. The molecule has 0 spiro atoms. The number of ether oxygens (including phenoxy) is 1. The predicted molar refractivity (Wildman–Crippen MR) is 106 cm³/mol. The van der Waals surface area contributed by atoms with E-state index in [-0.39, 0.29) is 18.5 Å². The molecule has 1 atom stereocenters. The number of hydrogen-bond donors (Lipinski definition) is 1. The number of amides is 1. The normalized spacial score (nSPS) is 16.3. The fourth-order valence-corrected chi connectivity index (χ4v) is 3.73. The monoisotopic (exact) mass is 424 g/mol. The van der Waals surface area contributed by atoms with Crippen molar-refractivity contribution >= 4 is 5.91 Å². The molecule has 2 heterocycles. The summed E-state index contributed by atoms with van der Waals surface area (Å²) in [6.45, 7) is 3.51. The second-order valence-electron chi connectivity index (χ2n) is 7.52. The van der Waals surface area contributed by atoms with Gasteiger partial charge in [0.1, 0.15) is 12.3 Å². The van der Waals surface area contributed by atoms with Gasteiger partial charge in [-0.05, 0) is 56.6 Å². The quantitative estimate of drug-likeness (QED) is 0.739. The number of aryl methyl sites for hydroxylation is 1. The third-order valence-corrected chi connectivity index (χ3v) is 5.39. The van der Waals surface area contributed by atoms with Crippen LogP contribution in [0, 0.1) is 6.92 Å². The van der Waals surface area contributed by atoms with Crippen molar-refractivity contribution in [3.05, 3.63) is 47.3 Å². The molecular formula is C21H27F3N4O2. The zero-order chi connectivity index (χ0) is 21.7. The lowest BCUT2D eigenvalue weighted by molar-refractivity contribution is -0.141. The molecule has 1 aliphatic rings. The molecule has 0 saturated carbocycles. The molecule has 1 fully saturated rings. The summed E-state index contributed by atoms with van der Waals surface area (Å²) in [5, 5.41) is 6.40. The molecule has 9 heteroatoms. The third-order valence-electron chi connectivity index (χ3n) is 5.39. The fraction of sp³-hybridized carbons (Fsp3) is 0.524. The summed E-state index contributed by atoms with van der Waals surface area (Å²) < 4.78 is 44.8. The first-order valence-corrected chi connectivity index (χ1v) is 10.0. The number of hydrogen-bond acceptors (Lipinski definition) is 4. The summed E-state index contributed by atoms with van der Waals surface area (Å²) in [4.78, 5) is 14.8. The summed E-state index contributed by atoms with van der Waals surface area (Å²) in [5.41, 5.74) is 0.366. The highest BCUT2D eigenvalue weighted by Crippen LogP contribution is 2.28. The van der Waals surface area contributed by atoms with E-state index < -0.39 is 11.9 Å². The molecule has 1 saturated heterocycles. The van der Waals surface area contributed by atoms with Crippen LogP contribution in [0.4, 0.5) is 13.2 Å². The van der Waals surface area contributed by atoms with Gasteiger partial charge in [0, 0.05) is 12.2 Å². The van der Waals surface area contributed by atoms with Crippen molar-refractivity contribution in [1.29, 1.82) is 0 Å². The van der Waals surface area contributed by atoms with Crippen molar-refractivity contribution in [3.63, 3.8) is 0 Å². The Morgan fingerprint density at radius 2 is 1.87 bits per heavy atom. The number of likely N-dealkylation sites (tertiary alicyclic amines) is 1. The van der Waals surface area contributed by atoms with Gasteiger partial charge in [-0.25, -0.2) is 0 Å². The maximum atomic E-state index is 12.8. The number of carbonyl (C=O) groups is 1. The summed E-state index contributed by atoms with van der Waals surface area (Å²) in [5.74, 6) is 0.389. The van der Waals surface area contributed by atoms with Crippen molar-refractivity contribution in [1.82, 2.24) is 20.0 Å². The largest absolute Gasteiger partial charge is 0.497 e. The van der Waals surface area contributed by atoms with Crippen LogP contribution in [0.1, 0.15) is 42.3 Å². The van der Waals surface area contributed by atoms with Gasteiger partial charge in [0.25, 0.3) is 0 Å². The number of aromatic nitrogens is 2. The lowest BCUT2D eigenvalue weighted by Crippen LogP contribution is -2.41. The molecule has 30 heavy (non-hydrogen) atoms. The molecular weight excluding hydrogens is 397 g/mol. The minimum Gasteiger partial charge on any atom is -0.497 e. The summed E-state index contributed by atoms with van der Waals surface area (Å²) in [6.07, 6.45) is -1.13. The minimum atomic E-state index is -4.53. The molecule has 164 valence electrons. The number of methoxy groups -OCH3 is 1. The molecule has 1 aromatic carbocycles. The Labute approximate surface area is 174 Å². The second kappa shape index (κ2) is 9.51. The van der Waals surface area contributed by atoms with Gasteiger partial charge in [0.2, 0.25) is 5.91 Å². The van der Waals surface area contributed by atoms with Crippen molar-refractivity contribution in [2.45, 2.75) is 44.9 Å². The first kappa shape index (κ1) is 22.1. The molecule has 1 aliphatic heterocycles. The Balaban J connectivity index is 1.67. The molecule has 3 rings (SSSR count). The van der Waals surface area contributed by atoms with Crippen LogP contribution in [0.3, 0.4) is 0 Å². The van der Waals surface area contributed by atoms with Gasteiger partial charge >= 0.3 is 6.18 Å². The molecule has 1 N–H and O–H groups in total. The van der Waals surface area contributed by atoms with Crippen LogP contribution in [-0.2, 0) is 17.5 Å². The van der Waals surface area contributed by atoms with Gasteiger partial charge in [-0.3, -0.25) is 14.4 Å². The average Bonchev–Trinajstić information content (AvgIpc) is 3.10. The highest BCUT2D eigenvalue weighted by Gasteiger charge is 2.34. The van der Waals surface area contributed by atoms with Crippen molar-refractivity contribution in [2.24, 2.45) is 0 Å². The van der Waals surface area contributed by atoms with Crippen molar-refractivity contribution in [2.75, 3.05) is 26.7 Å². The van der Waals surface area contributed by atoms with E-state index in [9.17, 15) is 18.0 Å². The smallest absolute Gasteiger partial charge is 0.435 e. The second-order valence-corrected chi connectivity index (χ2v) is 7.52. The maximum absolute atomic E-state index is 12.8. The molecule has 0 bridgehead atoms. The number of benzene rings is 1. The number of alkyl halides is 3. The highest BCUT2D eigenvalue weighted by atomic mass is 19.4. The van der Waals surface area contributed by atoms with Crippen LogP contribution in [0.25, 0.3) is 0 Å². The predicted octanol–water partition coefficient (Wildman–Crippen LogP) is 3.56. The van der Waals surface area contributed by atoms with Gasteiger partial charge in [-0.2, -0.15) is 18.3 Å². The first-order chi connectivity index (χ1) is 14.3. The summed E-state index contributed by atoms with van der Waals surface area (Å²) in [6, 6.07) is 8.68. The Hall–Kier alpha value is -2.55. The Morgan fingerprint density at radius 1 is 1.20 bits per heavy atom. The molecule has 2 aromatic rings. The standard InChI is InChI=1S/C21H27F3N4O2/c1-15-12-19(21(22,23)24)26-28(15)14-20(29)25-13-18(27-10-4-3-5-11-27)16-6-8-17(30-2)9-7-16/h6-9,12,18H,3-5,10-11,13-14H2,1-2H3,(H,25,29).